The van der Waals surface area contributed by atoms with Crippen molar-refractivity contribution in [2.75, 3.05) is 13.1 Å². The van der Waals surface area contributed by atoms with Crippen molar-refractivity contribution in [2.24, 2.45) is 0 Å². The number of hydrogen-bond acceptors (Lipinski definition) is 3. The van der Waals surface area contributed by atoms with Crippen molar-refractivity contribution < 1.29 is 9.90 Å². The van der Waals surface area contributed by atoms with Crippen LogP contribution in [0.3, 0.4) is 0 Å². The minimum Gasteiger partial charge on any atom is -0.392 e. The minimum atomic E-state index is -0.378. The van der Waals surface area contributed by atoms with Gasteiger partial charge in [-0.2, -0.15) is 0 Å². The molecule has 1 rings (SSSR count). The van der Waals surface area contributed by atoms with E-state index in [0.717, 1.165) is 5.56 Å². The molecule has 3 N–H and O–H groups in total. The molecule has 0 saturated heterocycles. The monoisotopic (exact) mass is 236 g/mol. The van der Waals surface area contributed by atoms with Crippen LogP contribution < -0.4 is 10.6 Å². The summed E-state index contributed by atoms with van der Waals surface area (Å²) < 4.78 is 0. The number of nitrogens with one attached hydrogen (secondary N) is 2. The second kappa shape index (κ2) is 7.81. The van der Waals surface area contributed by atoms with Gasteiger partial charge < -0.3 is 15.7 Å². The molecule has 0 aliphatic heterocycles. The van der Waals surface area contributed by atoms with Crippen LogP contribution >= 0.6 is 0 Å². The SMILES string of the molecule is CCC(O)CNCC(=O)NCc1ccccc1. The van der Waals surface area contributed by atoms with Crippen molar-refractivity contribution >= 4 is 5.91 Å². The van der Waals surface area contributed by atoms with Crippen LogP contribution in [0.1, 0.15) is 18.9 Å². The maximum Gasteiger partial charge on any atom is 0.234 e. The first-order chi connectivity index (χ1) is 8.22. The summed E-state index contributed by atoms with van der Waals surface area (Å²) in [6.07, 6.45) is 0.315. The Morgan fingerprint density at radius 3 is 2.71 bits per heavy atom. The predicted molar refractivity (Wildman–Crippen MR) is 67.5 cm³/mol. The highest BCUT2D eigenvalue weighted by Gasteiger charge is 2.03. The fourth-order valence-electron chi connectivity index (χ4n) is 1.36. The van der Waals surface area contributed by atoms with E-state index in [1.807, 2.05) is 37.3 Å². The molecule has 0 saturated carbocycles. The van der Waals surface area contributed by atoms with E-state index < -0.39 is 0 Å². The Morgan fingerprint density at radius 2 is 2.06 bits per heavy atom. The third kappa shape index (κ3) is 6.04. The van der Waals surface area contributed by atoms with E-state index in [1.54, 1.807) is 0 Å². The van der Waals surface area contributed by atoms with Gasteiger partial charge in [-0.1, -0.05) is 37.3 Å². The van der Waals surface area contributed by atoms with Crippen LogP contribution in [-0.2, 0) is 11.3 Å². The summed E-state index contributed by atoms with van der Waals surface area (Å²) >= 11 is 0. The molecule has 0 aromatic heterocycles. The molecule has 1 aromatic rings. The normalized spacial score (nSPS) is 12.1. The van der Waals surface area contributed by atoms with Gasteiger partial charge in [0.1, 0.15) is 0 Å². The van der Waals surface area contributed by atoms with Gasteiger partial charge in [-0.3, -0.25) is 4.79 Å². The van der Waals surface area contributed by atoms with Crippen LogP contribution in [0, 0.1) is 0 Å². The van der Waals surface area contributed by atoms with Crippen LogP contribution in [0.5, 0.6) is 0 Å². The number of aliphatic hydroxyl groups excluding tert-OH is 1. The first kappa shape index (κ1) is 13.7. The molecule has 17 heavy (non-hydrogen) atoms. The van der Waals surface area contributed by atoms with Crippen molar-refractivity contribution in [2.45, 2.75) is 26.0 Å². The molecule has 4 nitrogen and oxygen atoms in total. The lowest BCUT2D eigenvalue weighted by Crippen LogP contribution is -2.36. The first-order valence-corrected chi connectivity index (χ1v) is 5.91. The highest BCUT2D eigenvalue weighted by Crippen LogP contribution is 1.96. The van der Waals surface area contributed by atoms with E-state index in [1.165, 1.54) is 0 Å². The molecule has 0 aliphatic carbocycles. The summed E-state index contributed by atoms with van der Waals surface area (Å²) in [7, 11) is 0. The molecule has 94 valence electrons. The third-order valence-corrected chi connectivity index (χ3v) is 2.47. The Hall–Kier alpha value is -1.39. The Balaban J connectivity index is 2.13. The van der Waals surface area contributed by atoms with E-state index in [9.17, 15) is 9.90 Å². The summed E-state index contributed by atoms with van der Waals surface area (Å²) in [6.45, 7) is 3.14. The standard InChI is InChI=1S/C13H20N2O2/c1-2-12(16)9-14-10-13(17)15-8-11-6-4-3-5-7-11/h3-7,12,14,16H,2,8-10H2,1H3,(H,15,17). The topological polar surface area (TPSA) is 61.4 Å². The molecule has 0 fully saturated rings. The Labute approximate surface area is 102 Å². The van der Waals surface area contributed by atoms with Gasteiger partial charge in [0.15, 0.2) is 0 Å². The Morgan fingerprint density at radius 1 is 1.35 bits per heavy atom. The van der Waals surface area contributed by atoms with Gasteiger partial charge in [0.05, 0.1) is 12.6 Å². The van der Waals surface area contributed by atoms with E-state index >= 15 is 0 Å². The third-order valence-electron chi connectivity index (χ3n) is 2.47. The van der Waals surface area contributed by atoms with E-state index in [2.05, 4.69) is 10.6 Å². The minimum absolute atomic E-state index is 0.0582. The molecule has 0 spiro atoms. The summed E-state index contributed by atoms with van der Waals surface area (Å²) in [4.78, 5) is 11.4. The number of benzene rings is 1. The van der Waals surface area contributed by atoms with E-state index in [-0.39, 0.29) is 18.6 Å². The van der Waals surface area contributed by atoms with Crippen molar-refractivity contribution in [3.05, 3.63) is 35.9 Å². The maximum atomic E-state index is 11.4. The zero-order chi connectivity index (χ0) is 12.5. The molecule has 1 amide bonds. The summed E-state index contributed by atoms with van der Waals surface area (Å²) in [6, 6.07) is 9.76. The van der Waals surface area contributed by atoms with Gasteiger partial charge in [0, 0.05) is 13.1 Å². The Bertz CT molecular complexity index is 327. The maximum absolute atomic E-state index is 11.4. The highest BCUT2D eigenvalue weighted by molar-refractivity contribution is 5.77. The van der Waals surface area contributed by atoms with Crippen LogP contribution in [0.4, 0.5) is 0 Å². The molecule has 1 atom stereocenters. The molecule has 0 radical (unpaired) electrons. The predicted octanol–water partition coefficient (Wildman–Crippen LogP) is 0.663. The number of carbonyl (C=O) groups is 1. The largest absolute Gasteiger partial charge is 0.392 e. The summed E-state index contributed by atoms with van der Waals surface area (Å²) in [5, 5.41) is 15.0. The van der Waals surface area contributed by atoms with Gasteiger partial charge >= 0.3 is 0 Å². The van der Waals surface area contributed by atoms with Gasteiger partial charge in [-0.05, 0) is 12.0 Å². The van der Waals surface area contributed by atoms with Crippen LogP contribution in [0.25, 0.3) is 0 Å². The molecular formula is C13H20N2O2. The lowest BCUT2D eigenvalue weighted by atomic mass is 10.2. The van der Waals surface area contributed by atoms with Crippen molar-refractivity contribution in [1.82, 2.24) is 10.6 Å². The first-order valence-electron chi connectivity index (χ1n) is 5.91. The number of carbonyl (C=O) groups excluding carboxylic acids is 1. The van der Waals surface area contributed by atoms with E-state index in [0.29, 0.717) is 19.5 Å². The summed E-state index contributed by atoms with van der Waals surface area (Å²) in [5.41, 5.74) is 1.08. The van der Waals surface area contributed by atoms with Crippen LogP contribution in [0.2, 0.25) is 0 Å². The molecule has 0 aliphatic rings. The van der Waals surface area contributed by atoms with Gasteiger partial charge in [-0.15, -0.1) is 0 Å². The lowest BCUT2D eigenvalue weighted by molar-refractivity contribution is -0.120. The van der Waals surface area contributed by atoms with Crippen molar-refractivity contribution in [3.63, 3.8) is 0 Å². The molecule has 0 heterocycles. The van der Waals surface area contributed by atoms with E-state index in [4.69, 9.17) is 0 Å². The second-order valence-electron chi connectivity index (χ2n) is 3.96. The zero-order valence-electron chi connectivity index (χ0n) is 10.1. The fraction of sp³-hybridized carbons (Fsp3) is 0.462. The summed E-state index contributed by atoms with van der Waals surface area (Å²) in [5.74, 6) is -0.0582. The number of hydrogen-bond donors (Lipinski definition) is 3. The Kier molecular flexibility index (Phi) is 6.29. The van der Waals surface area contributed by atoms with Crippen molar-refractivity contribution in [1.29, 1.82) is 0 Å². The van der Waals surface area contributed by atoms with Gasteiger partial charge in [-0.25, -0.2) is 0 Å². The smallest absolute Gasteiger partial charge is 0.234 e. The number of amides is 1. The average Bonchev–Trinajstić information content (AvgIpc) is 2.37. The second-order valence-corrected chi connectivity index (χ2v) is 3.96. The fourth-order valence-corrected chi connectivity index (χ4v) is 1.36. The molecule has 4 heteroatoms. The number of aliphatic hydroxyl groups is 1. The van der Waals surface area contributed by atoms with Crippen LogP contribution in [-0.4, -0.2) is 30.2 Å². The average molecular weight is 236 g/mol. The molecule has 1 unspecified atom stereocenters. The number of rotatable bonds is 7. The molecule has 0 bridgehead atoms. The molecule has 1 aromatic carbocycles. The van der Waals surface area contributed by atoms with Crippen molar-refractivity contribution in [3.8, 4) is 0 Å². The van der Waals surface area contributed by atoms with Gasteiger partial charge in [0.2, 0.25) is 5.91 Å². The quantitative estimate of drug-likeness (QED) is 0.652. The van der Waals surface area contributed by atoms with Crippen LogP contribution in [0.15, 0.2) is 30.3 Å². The van der Waals surface area contributed by atoms with Gasteiger partial charge in [0.25, 0.3) is 0 Å². The molecular weight excluding hydrogens is 216 g/mol. The lowest BCUT2D eigenvalue weighted by Gasteiger charge is -2.09. The zero-order valence-corrected chi connectivity index (χ0v) is 10.1. The highest BCUT2D eigenvalue weighted by atomic mass is 16.3.